The highest BCUT2D eigenvalue weighted by Gasteiger charge is 2.16. The van der Waals surface area contributed by atoms with Crippen molar-refractivity contribution in [2.75, 3.05) is 31.7 Å². The zero-order valence-corrected chi connectivity index (χ0v) is 15.5. The number of amides is 1. The molecular formula is C19H23N5O3. The SMILES string of the molecule is COc1ccccc1C=NNC(=O)COc1cc(C)nc(N2CCCC2)n1. The summed E-state index contributed by atoms with van der Waals surface area (Å²) in [5.74, 6) is 1.34. The predicted octanol–water partition coefficient (Wildman–Crippen LogP) is 1.92. The number of nitrogens with zero attached hydrogens (tertiary/aromatic N) is 4. The van der Waals surface area contributed by atoms with Gasteiger partial charge >= 0.3 is 0 Å². The number of hydrazone groups is 1. The highest BCUT2D eigenvalue weighted by molar-refractivity contribution is 5.85. The van der Waals surface area contributed by atoms with Gasteiger partial charge in [-0.15, -0.1) is 0 Å². The first-order valence-electron chi connectivity index (χ1n) is 8.84. The maximum atomic E-state index is 12.0. The third kappa shape index (κ3) is 5.16. The Morgan fingerprint density at radius 2 is 2.07 bits per heavy atom. The minimum Gasteiger partial charge on any atom is -0.496 e. The lowest BCUT2D eigenvalue weighted by Crippen LogP contribution is -2.25. The molecule has 0 unspecified atom stereocenters. The number of benzene rings is 1. The van der Waals surface area contributed by atoms with E-state index in [1.807, 2.05) is 31.2 Å². The van der Waals surface area contributed by atoms with E-state index in [1.54, 1.807) is 13.2 Å². The third-order valence-electron chi connectivity index (χ3n) is 4.09. The smallest absolute Gasteiger partial charge is 0.278 e. The number of rotatable bonds is 7. The average Bonchev–Trinajstić information content (AvgIpc) is 3.21. The number of ether oxygens (including phenoxy) is 2. The van der Waals surface area contributed by atoms with Gasteiger partial charge in [-0.3, -0.25) is 4.79 Å². The van der Waals surface area contributed by atoms with Crippen molar-refractivity contribution in [3.05, 3.63) is 41.6 Å². The van der Waals surface area contributed by atoms with E-state index in [2.05, 4.69) is 25.4 Å². The van der Waals surface area contributed by atoms with Gasteiger partial charge in [-0.1, -0.05) is 12.1 Å². The zero-order valence-electron chi connectivity index (χ0n) is 15.5. The van der Waals surface area contributed by atoms with Crippen molar-refractivity contribution in [2.24, 2.45) is 5.10 Å². The van der Waals surface area contributed by atoms with Gasteiger partial charge in [-0.2, -0.15) is 10.1 Å². The fourth-order valence-corrected chi connectivity index (χ4v) is 2.78. The lowest BCUT2D eigenvalue weighted by Gasteiger charge is -2.16. The Labute approximate surface area is 158 Å². The standard InChI is InChI=1S/C19H23N5O3/c1-14-11-18(22-19(21-14)24-9-5-6-10-24)27-13-17(25)23-20-12-15-7-3-4-8-16(15)26-2/h3-4,7-8,11-12H,5-6,9-10,13H2,1-2H3,(H,23,25). The molecule has 1 aliphatic rings. The number of hydrogen-bond acceptors (Lipinski definition) is 7. The monoisotopic (exact) mass is 369 g/mol. The van der Waals surface area contributed by atoms with Crippen LogP contribution in [-0.4, -0.2) is 48.9 Å². The fourth-order valence-electron chi connectivity index (χ4n) is 2.78. The number of methoxy groups -OCH3 is 1. The van der Waals surface area contributed by atoms with Gasteiger partial charge in [0.2, 0.25) is 11.8 Å². The molecule has 0 radical (unpaired) electrons. The minimum atomic E-state index is -0.375. The molecule has 0 aliphatic carbocycles. The summed E-state index contributed by atoms with van der Waals surface area (Å²) in [6, 6.07) is 9.11. The quantitative estimate of drug-likeness (QED) is 0.592. The largest absolute Gasteiger partial charge is 0.496 e. The molecule has 2 heterocycles. The van der Waals surface area contributed by atoms with Crippen LogP contribution in [0.4, 0.5) is 5.95 Å². The number of nitrogens with one attached hydrogen (secondary N) is 1. The normalized spacial score (nSPS) is 13.8. The molecule has 0 spiro atoms. The summed E-state index contributed by atoms with van der Waals surface area (Å²) < 4.78 is 10.7. The van der Waals surface area contributed by atoms with E-state index in [0.29, 0.717) is 17.6 Å². The summed E-state index contributed by atoms with van der Waals surface area (Å²) >= 11 is 0. The predicted molar refractivity (Wildman–Crippen MR) is 102 cm³/mol. The van der Waals surface area contributed by atoms with Crippen LogP contribution in [0.2, 0.25) is 0 Å². The van der Waals surface area contributed by atoms with E-state index < -0.39 is 0 Å². The fraction of sp³-hybridized carbons (Fsp3) is 0.368. The first-order valence-corrected chi connectivity index (χ1v) is 8.84. The van der Waals surface area contributed by atoms with Crippen LogP contribution in [0.1, 0.15) is 24.1 Å². The number of anilines is 1. The average molecular weight is 369 g/mol. The molecule has 8 heteroatoms. The number of carbonyl (C=O) groups is 1. The summed E-state index contributed by atoms with van der Waals surface area (Å²) in [5, 5.41) is 3.94. The van der Waals surface area contributed by atoms with Crippen molar-refractivity contribution < 1.29 is 14.3 Å². The van der Waals surface area contributed by atoms with Crippen LogP contribution < -0.4 is 19.8 Å². The summed E-state index contributed by atoms with van der Waals surface area (Å²) in [7, 11) is 1.58. The highest BCUT2D eigenvalue weighted by Crippen LogP contribution is 2.19. The minimum absolute atomic E-state index is 0.181. The second kappa shape index (κ2) is 8.98. The van der Waals surface area contributed by atoms with Crippen LogP contribution in [-0.2, 0) is 4.79 Å². The topological polar surface area (TPSA) is 88.9 Å². The van der Waals surface area contributed by atoms with E-state index >= 15 is 0 Å². The summed E-state index contributed by atoms with van der Waals surface area (Å²) in [6.45, 7) is 3.59. The summed E-state index contributed by atoms with van der Waals surface area (Å²) in [4.78, 5) is 22.9. The zero-order chi connectivity index (χ0) is 19.1. The molecule has 1 aliphatic heterocycles. The molecule has 1 N–H and O–H groups in total. The number of aromatic nitrogens is 2. The molecule has 1 aromatic heterocycles. The van der Waals surface area contributed by atoms with Crippen molar-refractivity contribution in [1.82, 2.24) is 15.4 Å². The molecule has 8 nitrogen and oxygen atoms in total. The van der Waals surface area contributed by atoms with E-state index in [0.717, 1.165) is 37.2 Å². The van der Waals surface area contributed by atoms with E-state index in [4.69, 9.17) is 9.47 Å². The first-order chi connectivity index (χ1) is 13.2. The molecular weight excluding hydrogens is 346 g/mol. The Morgan fingerprint density at radius 3 is 2.85 bits per heavy atom. The van der Waals surface area contributed by atoms with Crippen LogP contribution >= 0.6 is 0 Å². The number of hydrogen-bond donors (Lipinski definition) is 1. The Hall–Kier alpha value is -3.16. The Balaban J connectivity index is 1.54. The lowest BCUT2D eigenvalue weighted by molar-refractivity contribution is -0.123. The van der Waals surface area contributed by atoms with Crippen molar-refractivity contribution in [2.45, 2.75) is 19.8 Å². The van der Waals surface area contributed by atoms with Gasteiger partial charge in [-0.05, 0) is 31.9 Å². The lowest BCUT2D eigenvalue weighted by atomic mass is 10.2. The van der Waals surface area contributed by atoms with E-state index in [-0.39, 0.29) is 12.5 Å². The second-order valence-corrected chi connectivity index (χ2v) is 6.17. The molecule has 1 fully saturated rings. The van der Waals surface area contributed by atoms with Gasteiger partial charge in [0.15, 0.2) is 6.61 Å². The van der Waals surface area contributed by atoms with Crippen molar-refractivity contribution >= 4 is 18.1 Å². The van der Waals surface area contributed by atoms with Crippen molar-refractivity contribution in [3.63, 3.8) is 0 Å². The van der Waals surface area contributed by atoms with Crippen LogP contribution in [0.3, 0.4) is 0 Å². The van der Waals surface area contributed by atoms with Crippen molar-refractivity contribution in [1.29, 1.82) is 0 Å². The maximum Gasteiger partial charge on any atom is 0.278 e. The molecule has 27 heavy (non-hydrogen) atoms. The molecule has 1 amide bonds. The Kier molecular flexibility index (Phi) is 6.19. The van der Waals surface area contributed by atoms with Crippen LogP contribution in [0.25, 0.3) is 0 Å². The molecule has 3 rings (SSSR count). The second-order valence-electron chi connectivity index (χ2n) is 6.17. The van der Waals surface area contributed by atoms with Crippen LogP contribution in [0.5, 0.6) is 11.6 Å². The van der Waals surface area contributed by atoms with Gasteiger partial charge in [0.05, 0.1) is 13.3 Å². The maximum absolute atomic E-state index is 12.0. The van der Waals surface area contributed by atoms with Crippen LogP contribution in [0, 0.1) is 6.92 Å². The highest BCUT2D eigenvalue weighted by atomic mass is 16.5. The van der Waals surface area contributed by atoms with E-state index in [1.165, 1.54) is 6.21 Å². The van der Waals surface area contributed by atoms with Gasteiger partial charge in [0, 0.05) is 30.4 Å². The van der Waals surface area contributed by atoms with Gasteiger partial charge < -0.3 is 14.4 Å². The molecule has 1 saturated heterocycles. The van der Waals surface area contributed by atoms with Crippen LogP contribution in [0.15, 0.2) is 35.4 Å². The van der Waals surface area contributed by atoms with Gasteiger partial charge in [0.25, 0.3) is 5.91 Å². The van der Waals surface area contributed by atoms with Gasteiger partial charge in [-0.25, -0.2) is 10.4 Å². The van der Waals surface area contributed by atoms with Crippen molar-refractivity contribution in [3.8, 4) is 11.6 Å². The molecule has 142 valence electrons. The van der Waals surface area contributed by atoms with Gasteiger partial charge in [0.1, 0.15) is 5.75 Å². The number of carbonyl (C=O) groups excluding carboxylic acids is 1. The first kappa shape index (κ1) is 18.6. The molecule has 0 bridgehead atoms. The molecule has 2 aromatic rings. The Morgan fingerprint density at radius 1 is 1.30 bits per heavy atom. The number of para-hydroxylation sites is 1. The molecule has 1 aromatic carbocycles. The number of aryl methyl sites for hydroxylation is 1. The van der Waals surface area contributed by atoms with E-state index in [9.17, 15) is 4.79 Å². The Bertz CT molecular complexity index is 819. The molecule has 0 atom stereocenters. The molecule has 0 saturated carbocycles. The summed E-state index contributed by atoms with van der Waals surface area (Å²) in [6.07, 6.45) is 3.80. The third-order valence-corrected chi connectivity index (χ3v) is 4.09. The summed E-state index contributed by atoms with van der Waals surface area (Å²) in [5.41, 5.74) is 4.00.